The number of halogens is 4. The first-order valence-corrected chi connectivity index (χ1v) is 7.15. The molecule has 1 aliphatic heterocycles. The van der Waals surface area contributed by atoms with Gasteiger partial charge in [-0.2, -0.15) is 10.2 Å². The molecular formula is C15H11ClF3N3O. The van der Waals surface area contributed by atoms with Crippen LogP contribution in [-0.2, 0) is 0 Å². The number of pyridine rings is 1. The molecule has 23 heavy (non-hydrogen) atoms. The van der Waals surface area contributed by atoms with Gasteiger partial charge < -0.3 is 4.74 Å². The molecule has 0 amide bonds. The quantitative estimate of drug-likeness (QED) is 0.714. The lowest BCUT2D eigenvalue weighted by Gasteiger charge is -2.11. The third-order valence-corrected chi connectivity index (χ3v) is 3.65. The Hall–Kier alpha value is -2.15. The average molecular weight is 342 g/mol. The Morgan fingerprint density at radius 1 is 0.957 bits per heavy atom. The minimum absolute atomic E-state index is 0.129. The Bertz CT molecular complexity index is 701. The minimum Gasteiger partial charge on any atom is -0.406 e. The van der Waals surface area contributed by atoms with Crippen LogP contribution in [0.4, 0.5) is 13.2 Å². The summed E-state index contributed by atoms with van der Waals surface area (Å²) in [6.45, 7) is 0. The largest absolute Gasteiger partial charge is 0.573 e. The molecule has 0 saturated carbocycles. The van der Waals surface area contributed by atoms with Crippen molar-refractivity contribution in [2.75, 3.05) is 0 Å². The second-order valence-electron chi connectivity index (χ2n) is 5.03. The number of alkyl halides is 3. The standard InChI is InChI=1S/C15H11ClF3N3O/c16-14-6-3-10(8-20-14)13-7-12(21-22-13)9-1-4-11(5-2-9)23-15(17,18)19/h1-6,8,12-13H,7H2. The molecule has 2 aromatic rings. The van der Waals surface area contributed by atoms with E-state index in [1.807, 2.05) is 6.07 Å². The molecule has 0 aliphatic carbocycles. The number of hydrogen-bond acceptors (Lipinski definition) is 4. The van der Waals surface area contributed by atoms with E-state index in [0.29, 0.717) is 11.6 Å². The lowest BCUT2D eigenvalue weighted by atomic mass is 9.98. The molecule has 0 saturated heterocycles. The predicted octanol–water partition coefficient (Wildman–Crippen LogP) is 5.27. The van der Waals surface area contributed by atoms with Crippen LogP contribution >= 0.6 is 11.6 Å². The van der Waals surface area contributed by atoms with Crippen molar-refractivity contribution in [1.82, 2.24) is 4.98 Å². The topological polar surface area (TPSA) is 46.8 Å². The Morgan fingerprint density at radius 2 is 1.57 bits per heavy atom. The van der Waals surface area contributed by atoms with E-state index < -0.39 is 6.36 Å². The number of benzene rings is 1. The molecule has 1 aromatic heterocycles. The maximum Gasteiger partial charge on any atom is 0.573 e. The first kappa shape index (κ1) is 15.7. The van der Waals surface area contributed by atoms with Crippen molar-refractivity contribution in [3.8, 4) is 5.75 Å². The van der Waals surface area contributed by atoms with Crippen molar-refractivity contribution < 1.29 is 17.9 Å². The normalized spacial score (nSPS) is 20.7. The van der Waals surface area contributed by atoms with Crippen LogP contribution in [0, 0.1) is 0 Å². The number of rotatable bonds is 3. The summed E-state index contributed by atoms with van der Waals surface area (Å²) in [5.74, 6) is -0.255. The van der Waals surface area contributed by atoms with Gasteiger partial charge >= 0.3 is 6.36 Å². The third kappa shape index (κ3) is 3.98. The number of hydrogen-bond donors (Lipinski definition) is 0. The molecule has 4 nitrogen and oxygen atoms in total. The molecule has 1 aliphatic rings. The van der Waals surface area contributed by atoms with Crippen molar-refractivity contribution in [2.45, 2.75) is 24.9 Å². The molecule has 2 atom stereocenters. The third-order valence-electron chi connectivity index (χ3n) is 3.43. The Balaban J connectivity index is 1.67. The number of azo groups is 1. The summed E-state index contributed by atoms with van der Waals surface area (Å²) in [5, 5.41) is 8.80. The highest BCUT2D eigenvalue weighted by Gasteiger charge is 2.31. The Kier molecular flexibility index (Phi) is 4.21. The van der Waals surface area contributed by atoms with E-state index >= 15 is 0 Å². The Morgan fingerprint density at radius 3 is 2.13 bits per heavy atom. The summed E-state index contributed by atoms with van der Waals surface area (Å²) >= 11 is 5.75. The highest BCUT2D eigenvalue weighted by molar-refractivity contribution is 6.29. The van der Waals surface area contributed by atoms with E-state index in [2.05, 4.69) is 19.9 Å². The molecule has 2 unspecified atom stereocenters. The van der Waals surface area contributed by atoms with Crippen LogP contribution < -0.4 is 4.74 Å². The summed E-state index contributed by atoms with van der Waals surface area (Å²) in [4.78, 5) is 4.01. The van der Waals surface area contributed by atoms with Crippen LogP contribution in [0.5, 0.6) is 5.75 Å². The number of ether oxygens (including phenoxy) is 1. The van der Waals surface area contributed by atoms with Crippen molar-refractivity contribution >= 4 is 11.6 Å². The zero-order valence-corrected chi connectivity index (χ0v) is 12.4. The highest BCUT2D eigenvalue weighted by atomic mass is 35.5. The summed E-state index contributed by atoms with van der Waals surface area (Å²) < 4.78 is 40.3. The van der Waals surface area contributed by atoms with Crippen molar-refractivity contribution in [3.63, 3.8) is 0 Å². The van der Waals surface area contributed by atoms with Crippen molar-refractivity contribution in [1.29, 1.82) is 0 Å². The molecule has 0 bridgehead atoms. The first-order valence-electron chi connectivity index (χ1n) is 6.78. The number of nitrogens with zero attached hydrogens (tertiary/aromatic N) is 3. The molecule has 120 valence electrons. The van der Waals surface area contributed by atoms with Gasteiger partial charge in [0.2, 0.25) is 0 Å². The van der Waals surface area contributed by atoms with Gasteiger partial charge in [0.15, 0.2) is 0 Å². The molecule has 3 rings (SSSR count). The van der Waals surface area contributed by atoms with Crippen LogP contribution in [-0.4, -0.2) is 11.3 Å². The molecule has 2 heterocycles. The zero-order valence-electron chi connectivity index (χ0n) is 11.7. The van der Waals surface area contributed by atoms with Gasteiger partial charge in [-0.05, 0) is 29.3 Å². The van der Waals surface area contributed by atoms with E-state index in [1.54, 1.807) is 24.4 Å². The van der Waals surface area contributed by atoms with E-state index in [-0.39, 0.29) is 17.8 Å². The smallest absolute Gasteiger partial charge is 0.406 e. The van der Waals surface area contributed by atoms with Crippen molar-refractivity contribution in [2.24, 2.45) is 10.2 Å². The monoisotopic (exact) mass is 341 g/mol. The van der Waals surface area contributed by atoms with Gasteiger partial charge in [0.05, 0.1) is 12.1 Å². The van der Waals surface area contributed by atoms with Crippen LogP contribution in [0.15, 0.2) is 52.8 Å². The summed E-state index contributed by atoms with van der Waals surface area (Å²) in [6.07, 6.45) is -2.42. The molecule has 0 fully saturated rings. The molecule has 0 spiro atoms. The van der Waals surface area contributed by atoms with E-state index in [4.69, 9.17) is 11.6 Å². The lowest BCUT2D eigenvalue weighted by molar-refractivity contribution is -0.274. The molecule has 0 radical (unpaired) electrons. The average Bonchev–Trinajstić information content (AvgIpc) is 2.97. The van der Waals surface area contributed by atoms with E-state index in [9.17, 15) is 13.2 Å². The maximum atomic E-state index is 12.1. The molecule has 8 heteroatoms. The molecule has 0 N–H and O–H groups in total. The predicted molar refractivity (Wildman–Crippen MR) is 77.3 cm³/mol. The number of aromatic nitrogens is 1. The summed E-state index contributed by atoms with van der Waals surface area (Å²) in [5.41, 5.74) is 1.69. The second-order valence-corrected chi connectivity index (χ2v) is 5.42. The fraction of sp³-hybridized carbons (Fsp3) is 0.267. The lowest BCUT2D eigenvalue weighted by Crippen LogP contribution is -2.17. The zero-order chi connectivity index (χ0) is 16.4. The minimum atomic E-state index is -4.69. The van der Waals surface area contributed by atoms with Crippen LogP contribution in [0.1, 0.15) is 29.6 Å². The fourth-order valence-electron chi connectivity index (χ4n) is 2.35. The van der Waals surface area contributed by atoms with E-state index in [0.717, 1.165) is 11.1 Å². The van der Waals surface area contributed by atoms with Gasteiger partial charge in [-0.25, -0.2) is 4.98 Å². The Labute approximate surface area is 135 Å². The summed E-state index contributed by atoms with van der Waals surface area (Å²) in [7, 11) is 0. The van der Waals surface area contributed by atoms with Crippen LogP contribution in [0.25, 0.3) is 0 Å². The SMILES string of the molecule is FC(F)(F)Oc1ccc(C2CC(c3ccc(Cl)nc3)N=N2)cc1. The van der Waals surface area contributed by atoms with Crippen LogP contribution in [0.2, 0.25) is 5.15 Å². The fourth-order valence-corrected chi connectivity index (χ4v) is 2.46. The highest BCUT2D eigenvalue weighted by Crippen LogP contribution is 2.39. The van der Waals surface area contributed by atoms with Gasteiger partial charge in [0.25, 0.3) is 0 Å². The molecular weight excluding hydrogens is 331 g/mol. The first-order chi connectivity index (χ1) is 10.9. The van der Waals surface area contributed by atoms with Gasteiger partial charge in [0, 0.05) is 12.6 Å². The van der Waals surface area contributed by atoms with Gasteiger partial charge in [-0.3, -0.25) is 0 Å². The second kappa shape index (κ2) is 6.16. The van der Waals surface area contributed by atoms with E-state index in [1.165, 1.54) is 12.1 Å². The van der Waals surface area contributed by atoms with Crippen LogP contribution in [0.3, 0.4) is 0 Å². The van der Waals surface area contributed by atoms with Gasteiger partial charge in [-0.15, -0.1) is 13.2 Å². The van der Waals surface area contributed by atoms with Gasteiger partial charge in [-0.1, -0.05) is 29.8 Å². The molecule has 1 aromatic carbocycles. The maximum absolute atomic E-state index is 12.1. The van der Waals surface area contributed by atoms with Crippen molar-refractivity contribution in [3.05, 3.63) is 58.9 Å². The summed E-state index contributed by atoms with van der Waals surface area (Å²) in [6, 6.07) is 8.86. The van der Waals surface area contributed by atoms with Gasteiger partial charge in [0.1, 0.15) is 10.9 Å².